The predicted octanol–water partition coefficient (Wildman–Crippen LogP) is 4.47. The average Bonchev–Trinajstić information content (AvgIpc) is 2.36. The second-order valence-corrected chi connectivity index (χ2v) is 5.79. The Hall–Kier alpha value is -0.720. The molecule has 0 heterocycles. The number of benzene rings is 2. The molecule has 5 heteroatoms. The summed E-state index contributed by atoms with van der Waals surface area (Å²) in [4.78, 5) is 0. The number of rotatable bonds is 3. The molecule has 2 aromatic rings. The van der Waals surface area contributed by atoms with Gasteiger partial charge >= 0.3 is 0 Å². The summed E-state index contributed by atoms with van der Waals surface area (Å²) < 4.78 is 27.3. The minimum atomic E-state index is -0.591. The molecule has 0 saturated heterocycles. The van der Waals surface area contributed by atoms with Gasteiger partial charge in [-0.1, -0.05) is 23.7 Å². The molecule has 0 aliphatic rings. The molecule has 2 rings (SSSR count). The molecule has 0 saturated carbocycles. The molecular formula is C14H11ClF2IN. The zero-order chi connectivity index (χ0) is 14.0. The third-order valence-electron chi connectivity index (χ3n) is 2.83. The van der Waals surface area contributed by atoms with Crippen molar-refractivity contribution in [3.05, 3.63) is 67.8 Å². The maximum absolute atomic E-state index is 13.5. The van der Waals surface area contributed by atoms with E-state index in [1.54, 1.807) is 6.07 Å². The van der Waals surface area contributed by atoms with E-state index in [9.17, 15) is 8.78 Å². The Balaban J connectivity index is 2.20. The first-order valence-electron chi connectivity index (χ1n) is 5.62. The summed E-state index contributed by atoms with van der Waals surface area (Å²) in [7, 11) is 0. The zero-order valence-electron chi connectivity index (χ0n) is 9.84. The molecule has 0 aliphatic heterocycles. The molecule has 0 fully saturated rings. The molecule has 0 aromatic heterocycles. The molecule has 100 valence electrons. The normalized spacial score (nSPS) is 12.5. The molecule has 2 N–H and O–H groups in total. The van der Waals surface area contributed by atoms with Gasteiger partial charge in [0.2, 0.25) is 0 Å². The van der Waals surface area contributed by atoms with Gasteiger partial charge in [0.15, 0.2) is 0 Å². The molecule has 2 aromatic carbocycles. The Morgan fingerprint density at radius 2 is 1.89 bits per heavy atom. The van der Waals surface area contributed by atoms with Crippen molar-refractivity contribution in [3.63, 3.8) is 0 Å². The minimum Gasteiger partial charge on any atom is -0.324 e. The Morgan fingerprint density at radius 3 is 2.53 bits per heavy atom. The number of nitrogens with two attached hydrogens (primary N) is 1. The first-order chi connectivity index (χ1) is 8.97. The van der Waals surface area contributed by atoms with Crippen molar-refractivity contribution >= 4 is 34.2 Å². The van der Waals surface area contributed by atoms with Crippen LogP contribution in [0.4, 0.5) is 8.78 Å². The monoisotopic (exact) mass is 393 g/mol. The lowest BCUT2D eigenvalue weighted by atomic mass is 9.99. The lowest BCUT2D eigenvalue weighted by molar-refractivity contribution is 0.563. The molecule has 0 aliphatic carbocycles. The van der Waals surface area contributed by atoms with Crippen molar-refractivity contribution in [1.82, 2.24) is 0 Å². The van der Waals surface area contributed by atoms with Crippen LogP contribution in [0.1, 0.15) is 17.2 Å². The van der Waals surface area contributed by atoms with E-state index in [1.807, 2.05) is 12.1 Å². The fraction of sp³-hybridized carbons (Fsp3) is 0.143. The van der Waals surface area contributed by atoms with Gasteiger partial charge in [0.1, 0.15) is 11.6 Å². The standard InChI is InChI=1S/C14H11ClF2IN/c15-11-5-9(2-4-13(11)18)14(19)6-8-1-3-10(16)7-12(8)17/h1-5,7,14H,6,19H2. The van der Waals surface area contributed by atoms with Gasteiger partial charge in [-0.3, -0.25) is 0 Å². The van der Waals surface area contributed by atoms with Crippen molar-refractivity contribution < 1.29 is 8.78 Å². The molecule has 0 bridgehead atoms. The maximum Gasteiger partial charge on any atom is 0.129 e. The Kier molecular flexibility index (Phi) is 4.76. The number of hydrogen-bond acceptors (Lipinski definition) is 1. The van der Waals surface area contributed by atoms with E-state index in [0.717, 1.165) is 15.2 Å². The first kappa shape index (κ1) is 14.7. The Labute approximate surface area is 128 Å². The van der Waals surface area contributed by atoms with E-state index in [2.05, 4.69) is 22.6 Å². The van der Waals surface area contributed by atoms with Crippen LogP contribution in [0, 0.1) is 15.2 Å². The summed E-state index contributed by atoms with van der Waals surface area (Å²) in [6.45, 7) is 0. The lowest BCUT2D eigenvalue weighted by Gasteiger charge is -2.13. The minimum absolute atomic E-state index is 0.295. The van der Waals surface area contributed by atoms with E-state index in [1.165, 1.54) is 12.1 Å². The summed E-state index contributed by atoms with van der Waals surface area (Å²) >= 11 is 8.15. The SMILES string of the molecule is NC(Cc1ccc(F)cc1F)c1ccc(I)c(Cl)c1. The Bertz CT molecular complexity index is 604. The van der Waals surface area contributed by atoms with Crippen LogP contribution in [0.25, 0.3) is 0 Å². The van der Waals surface area contributed by atoms with Gasteiger partial charge in [-0.05, 0) is 58.3 Å². The largest absolute Gasteiger partial charge is 0.324 e. The van der Waals surface area contributed by atoms with E-state index >= 15 is 0 Å². The summed E-state index contributed by atoms with van der Waals surface area (Å²) in [5.41, 5.74) is 7.25. The van der Waals surface area contributed by atoms with E-state index in [0.29, 0.717) is 17.0 Å². The van der Waals surface area contributed by atoms with Crippen LogP contribution in [-0.2, 0) is 6.42 Å². The summed E-state index contributed by atoms with van der Waals surface area (Å²) in [6.07, 6.45) is 0.295. The second-order valence-electron chi connectivity index (χ2n) is 4.22. The molecule has 0 spiro atoms. The fourth-order valence-corrected chi connectivity index (χ4v) is 2.31. The van der Waals surface area contributed by atoms with Gasteiger partial charge < -0.3 is 5.73 Å². The molecule has 19 heavy (non-hydrogen) atoms. The maximum atomic E-state index is 13.5. The topological polar surface area (TPSA) is 26.0 Å². The summed E-state index contributed by atoms with van der Waals surface area (Å²) in [6, 6.07) is 8.62. The molecule has 1 unspecified atom stereocenters. The third-order valence-corrected chi connectivity index (χ3v) is 4.40. The van der Waals surface area contributed by atoms with Gasteiger partial charge in [0, 0.05) is 15.7 Å². The molecular weight excluding hydrogens is 383 g/mol. The lowest BCUT2D eigenvalue weighted by Crippen LogP contribution is -2.14. The van der Waals surface area contributed by atoms with Gasteiger partial charge in [-0.2, -0.15) is 0 Å². The average molecular weight is 394 g/mol. The molecule has 1 nitrogen and oxygen atoms in total. The van der Waals surface area contributed by atoms with Crippen LogP contribution >= 0.6 is 34.2 Å². The fourth-order valence-electron chi connectivity index (χ4n) is 1.79. The van der Waals surface area contributed by atoms with Crippen LogP contribution in [0.15, 0.2) is 36.4 Å². The van der Waals surface area contributed by atoms with Gasteiger partial charge in [-0.25, -0.2) is 8.78 Å². The van der Waals surface area contributed by atoms with Crippen LogP contribution in [0.3, 0.4) is 0 Å². The first-order valence-corrected chi connectivity index (χ1v) is 7.07. The van der Waals surface area contributed by atoms with Crippen molar-refractivity contribution in [2.75, 3.05) is 0 Å². The van der Waals surface area contributed by atoms with Crippen molar-refractivity contribution in [2.24, 2.45) is 5.73 Å². The van der Waals surface area contributed by atoms with Crippen LogP contribution in [-0.4, -0.2) is 0 Å². The highest BCUT2D eigenvalue weighted by Crippen LogP contribution is 2.24. The zero-order valence-corrected chi connectivity index (χ0v) is 12.8. The molecule has 0 radical (unpaired) electrons. The quantitative estimate of drug-likeness (QED) is 0.765. The number of halogens is 4. The van der Waals surface area contributed by atoms with Crippen LogP contribution in [0.2, 0.25) is 5.02 Å². The highest BCUT2D eigenvalue weighted by Gasteiger charge is 2.12. The summed E-state index contributed by atoms with van der Waals surface area (Å²) in [5, 5.41) is 0.619. The van der Waals surface area contributed by atoms with Crippen LogP contribution in [0.5, 0.6) is 0 Å². The van der Waals surface area contributed by atoms with Gasteiger partial charge in [0.05, 0.1) is 5.02 Å². The second kappa shape index (κ2) is 6.15. The van der Waals surface area contributed by atoms with Crippen LogP contribution < -0.4 is 5.73 Å². The van der Waals surface area contributed by atoms with Gasteiger partial charge in [0.25, 0.3) is 0 Å². The number of hydrogen-bond donors (Lipinski definition) is 1. The Morgan fingerprint density at radius 1 is 1.16 bits per heavy atom. The van der Waals surface area contributed by atoms with E-state index in [4.69, 9.17) is 17.3 Å². The highest BCUT2D eigenvalue weighted by atomic mass is 127. The van der Waals surface area contributed by atoms with E-state index < -0.39 is 11.6 Å². The molecule has 0 amide bonds. The third kappa shape index (κ3) is 3.64. The van der Waals surface area contributed by atoms with E-state index in [-0.39, 0.29) is 6.04 Å². The van der Waals surface area contributed by atoms with Gasteiger partial charge in [-0.15, -0.1) is 0 Å². The molecule has 1 atom stereocenters. The van der Waals surface area contributed by atoms with Crippen molar-refractivity contribution in [3.8, 4) is 0 Å². The summed E-state index contributed by atoms with van der Waals surface area (Å²) in [5.74, 6) is -1.17. The predicted molar refractivity (Wildman–Crippen MR) is 81.2 cm³/mol. The van der Waals surface area contributed by atoms with Crippen molar-refractivity contribution in [1.29, 1.82) is 0 Å². The smallest absolute Gasteiger partial charge is 0.129 e. The highest BCUT2D eigenvalue weighted by molar-refractivity contribution is 14.1. The van der Waals surface area contributed by atoms with Crippen molar-refractivity contribution in [2.45, 2.75) is 12.5 Å².